The Bertz CT molecular complexity index is 447. The topological polar surface area (TPSA) is 99.0 Å². The zero-order valence-electron chi connectivity index (χ0n) is 11.7. The minimum absolute atomic E-state index is 0.109. The lowest BCUT2D eigenvalue weighted by atomic mass is 10.1. The summed E-state index contributed by atoms with van der Waals surface area (Å²) < 4.78 is 5.60. The minimum Gasteiger partial charge on any atom is -0.491 e. The highest BCUT2D eigenvalue weighted by molar-refractivity contribution is 5.89. The van der Waals surface area contributed by atoms with Crippen LogP contribution >= 0.6 is 0 Å². The van der Waals surface area contributed by atoms with Crippen LogP contribution in [0, 0.1) is 5.92 Å². The van der Waals surface area contributed by atoms with Gasteiger partial charge in [0.25, 0.3) is 0 Å². The van der Waals surface area contributed by atoms with Gasteiger partial charge in [0.2, 0.25) is 0 Å². The second-order valence-corrected chi connectivity index (χ2v) is 4.94. The van der Waals surface area contributed by atoms with Gasteiger partial charge in [0, 0.05) is 6.54 Å². The average molecular weight is 283 g/mol. The number of anilines is 1. The van der Waals surface area contributed by atoms with Crippen LogP contribution < -0.4 is 10.1 Å². The number of hydrogen-bond donors (Lipinski definition) is 4. The van der Waals surface area contributed by atoms with Gasteiger partial charge < -0.3 is 25.4 Å². The summed E-state index contributed by atoms with van der Waals surface area (Å²) in [5.41, 5.74) is 0.612. The molecular formula is C14H21NO5. The zero-order chi connectivity index (χ0) is 15.1. The fourth-order valence-electron chi connectivity index (χ4n) is 1.48. The van der Waals surface area contributed by atoms with Crippen LogP contribution in [0.2, 0.25) is 0 Å². The summed E-state index contributed by atoms with van der Waals surface area (Å²) in [7, 11) is 0. The quantitative estimate of drug-likeness (QED) is 0.572. The lowest BCUT2D eigenvalue weighted by Gasteiger charge is -2.16. The maximum absolute atomic E-state index is 11.0. The van der Waals surface area contributed by atoms with Crippen LogP contribution in [0.1, 0.15) is 24.2 Å². The molecule has 0 aromatic heterocycles. The second kappa shape index (κ2) is 7.72. The molecule has 4 N–H and O–H groups in total. The zero-order valence-corrected chi connectivity index (χ0v) is 11.7. The van der Waals surface area contributed by atoms with Gasteiger partial charge in [-0.2, -0.15) is 0 Å². The van der Waals surface area contributed by atoms with Crippen LogP contribution in [0.3, 0.4) is 0 Å². The lowest BCUT2D eigenvalue weighted by Crippen LogP contribution is -2.23. The molecule has 1 unspecified atom stereocenters. The molecule has 1 aromatic rings. The number of carboxylic acids is 1. The third kappa shape index (κ3) is 5.07. The second-order valence-electron chi connectivity index (χ2n) is 4.94. The predicted molar refractivity (Wildman–Crippen MR) is 75.3 cm³/mol. The Balaban J connectivity index is 2.88. The Morgan fingerprint density at radius 1 is 1.40 bits per heavy atom. The van der Waals surface area contributed by atoms with E-state index in [1.165, 1.54) is 12.1 Å². The Labute approximate surface area is 118 Å². The molecule has 0 saturated carbocycles. The Kier molecular flexibility index (Phi) is 6.27. The first-order valence-corrected chi connectivity index (χ1v) is 6.47. The normalized spacial score (nSPS) is 12.2. The Morgan fingerprint density at radius 3 is 2.65 bits per heavy atom. The summed E-state index contributed by atoms with van der Waals surface area (Å²) in [5.74, 6) is -0.176. The lowest BCUT2D eigenvalue weighted by molar-refractivity contribution is 0.0697. The molecule has 1 rings (SSSR count). The molecule has 0 aliphatic rings. The number of carboxylic acid groups (broad SMARTS) is 1. The van der Waals surface area contributed by atoms with Gasteiger partial charge in [-0.1, -0.05) is 13.8 Å². The smallest absolute Gasteiger partial charge is 0.335 e. The maximum Gasteiger partial charge on any atom is 0.335 e. The van der Waals surface area contributed by atoms with E-state index in [2.05, 4.69) is 5.32 Å². The van der Waals surface area contributed by atoms with Crippen molar-refractivity contribution in [3.05, 3.63) is 23.8 Å². The highest BCUT2D eigenvalue weighted by Crippen LogP contribution is 2.26. The van der Waals surface area contributed by atoms with Gasteiger partial charge in [0.1, 0.15) is 5.75 Å². The van der Waals surface area contributed by atoms with Gasteiger partial charge in [-0.25, -0.2) is 4.79 Å². The first-order valence-electron chi connectivity index (χ1n) is 6.47. The molecule has 6 nitrogen and oxygen atoms in total. The summed E-state index contributed by atoms with van der Waals surface area (Å²) >= 11 is 0. The molecule has 0 amide bonds. The van der Waals surface area contributed by atoms with Crippen LogP contribution in [-0.4, -0.2) is 47.2 Å². The SMILES string of the molecule is CC(C)COc1ccc(C(=O)O)cc1NCC(O)CO. The molecule has 6 heteroatoms. The number of aromatic carboxylic acids is 1. The van der Waals surface area contributed by atoms with Gasteiger partial charge in [-0.3, -0.25) is 0 Å². The van der Waals surface area contributed by atoms with E-state index in [4.69, 9.17) is 14.9 Å². The fourth-order valence-corrected chi connectivity index (χ4v) is 1.48. The summed E-state index contributed by atoms with van der Waals surface area (Å²) in [4.78, 5) is 11.0. The highest BCUT2D eigenvalue weighted by Gasteiger charge is 2.11. The van der Waals surface area contributed by atoms with Crippen LogP contribution in [-0.2, 0) is 0 Å². The number of hydrogen-bond acceptors (Lipinski definition) is 5. The Morgan fingerprint density at radius 2 is 2.10 bits per heavy atom. The average Bonchev–Trinajstić information content (AvgIpc) is 2.42. The summed E-state index contributed by atoms with van der Waals surface area (Å²) in [6.07, 6.45) is -0.915. The summed E-state index contributed by atoms with van der Waals surface area (Å²) in [6, 6.07) is 4.49. The third-order valence-electron chi connectivity index (χ3n) is 2.54. The number of rotatable bonds is 8. The van der Waals surface area contributed by atoms with Crippen LogP contribution in [0.15, 0.2) is 18.2 Å². The van der Waals surface area contributed by atoms with Gasteiger partial charge in [0.05, 0.1) is 30.6 Å². The van der Waals surface area contributed by atoms with E-state index < -0.39 is 12.1 Å². The number of nitrogens with one attached hydrogen (secondary N) is 1. The Hall–Kier alpha value is -1.79. The van der Waals surface area contributed by atoms with Gasteiger partial charge in [-0.05, 0) is 24.1 Å². The molecule has 0 bridgehead atoms. The molecule has 1 atom stereocenters. The van der Waals surface area contributed by atoms with E-state index in [1.54, 1.807) is 6.07 Å². The number of carbonyl (C=O) groups is 1. The van der Waals surface area contributed by atoms with Crippen LogP contribution in [0.5, 0.6) is 5.75 Å². The van der Waals surface area contributed by atoms with Crippen molar-refractivity contribution in [2.75, 3.05) is 25.1 Å². The monoisotopic (exact) mass is 283 g/mol. The van der Waals surface area contributed by atoms with Crippen molar-refractivity contribution in [1.82, 2.24) is 0 Å². The van der Waals surface area contributed by atoms with Crippen molar-refractivity contribution in [2.45, 2.75) is 20.0 Å². The van der Waals surface area contributed by atoms with E-state index in [1.807, 2.05) is 13.8 Å². The van der Waals surface area contributed by atoms with Gasteiger partial charge in [0.15, 0.2) is 0 Å². The van der Waals surface area contributed by atoms with E-state index in [-0.39, 0.29) is 18.7 Å². The first kappa shape index (κ1) is 16.3. The molecule has 0 radical (unpaired) electrons. The van der Waals surface area contributed by atoms with Crippen LogP contribution in [0.25, 0.3) is 0 Å². The molecule has 20 heavy (non-hydrogen) atoms. The van der Waals surface area contributed by atoms with Gasteiger partial charge >= 0.3 is 5.97 Å². The van der Waals surface area contributed by atoms with E-state index in [0.717, 1.165) is 0 Å². The van der Waals surface area contributed by atoms with Crippen molar-refractivity contribution in [1.29, 1.82) is 0 Å². The predicted octanol–water partition coefficient (Wildman–Crippen LogP) is 1.18. The molecule has 0 saturated heterocycles. The number of benzene rings is 1. The molecular weight excluding hydrogens is 262 g/mol. The molecule has 0 aliphatic carbocycles. The standard InChI is InChI=1S/C14H21NO5/c1-9(2)8-20-13-4-3-10(14(18)19)5-12(13)15-6-11(17)7-16/h3-5,9,11,15-17H,6-8H2,1-2H3,(H,18,19). The molecule has 0 spiro atoms. The van der Waals surface area contributed by atoms with Crippen molar-refractivity contribution in [2.24, 2.45) is 5.92 Å². The summed E-state index contributed by atoms with van der Waals surface area (Å²) in [6.45, 7) is 4.26. The maximum atomic E-state index is 11.0. The van der Waals surface area contributed by atoms with E-state index >= 15 is 0 Å². The molecule has 0 heterocycles. The van der Waals surface area contributed by atoms with E-state index in [0.29, 0.717) is 24.0 Å². The van der Waals surface area contributed by atoms with Crippen LogP contribution in [0.4, 0.5) is 5.69 Å². The molecule has 1 aromatic carbocycles. The number of aliphatic hydroxyl groups excluding tert-OH is 2. The first-order chi connectivity index (χ1) is 9.43. The fraction of sp³-hybridized carbons (Fsp3) is 0.500. The minimum atomic E-state index is -1.04. The largest absolute Gasteiger partial charge is 0.491 e. The number of ether oxygens (including phenoxy) is 1. The molecule has 112 valence electrons. The molecule has 0 aliphatic heterocycles. The highest BCUT2D eigenvalue weighted by atomic mass is 16.5. The summed E-state index contributed by atoms with van der Waals surface area (Å²) in [5, 5.41) is 30.0. The van der Waals surface area contributed by atoms with E-state index in [9.17, 15) is 9.90 Å². The molecule has 0 fully saturated rings. The van der Waals surface area contributed by atoms with Gasteiger partial charge in [-0.15, -0.1) is 0 Å². The number of aliphatic hydroxyl groups is 2. The van der Waals surface area contributed by atoms with Crippen molar-refractivity contribution >= 4 is 11.7 Å². The van der Waals surface area contributed by atoms with Crippen molar-refractivity contribution < 1.29 is 24.9 Å². The van der Waals surface area contributed by atoms with Crippen molar-refractivity contribution in [3.63, 3.8) is 0 Å². The third-order valence-corrected chi connectivity index (χ3v) is 2.54. The van der Waals surface area contributed by atoms with Crippen molar-refractivity contribution in [3.8, 4) is 5.75 Å².